The second-order valence-electron chi connectivity index (χ2n) is 5.89. The van der Waals surface area contributed by atoms with Crippen LogP contribution in [-0.4, -0.2) is 17.1 Å². The van der Waals surface area contributed by atoms with Crippen LogP contribution in [0, 0.1) is 20.8 Å². The van der Waals surface area contributed by atoms with Gasteiger partial charge in [-0.3, -0.25) is 9.78 Å². The van der Waals surface area contributed by atoms with Gasteiger partial charge in [0.25, 0.3) is 5.91 Å². The standard InChI is InChI=1S/C20H19N3O/c1-13-8-9-16(14(2)10-13)12-21-23-20(24)18-11-15(3)22-19-7-5-4-6-17(18)19/h4-12H,1-3H3,(H,23,24)/b21-12+. The van der Waals surface area contributed by atoms with Gasteiger partial charge in [-0.25, -0.2) is 5.43 Å². The monoisotopic (exact) mass is 317 g/mol. The molecule has 0 aliphatic rings. The number of hydrazone groups is 1. The molecule has 4 heteroatoms. The highest BCUT2D eigenvalue weighted by Crippen LogP contribution is 2.18. The molecule has 120 valence electrons. The van der Waals surface area contributed by atoms with E-state index >= 15 is 0 Å². The van der Waals surface area contributed by atoms with E-state index in [2.05, 4.69) is 21.6 Å². The summed E-state index contributed by atoms with van der Waals surface area (Å²) in [5.41, 5.74) is 8.11. The zero-order valence-corrected chi connectivity index (χ0v) is 14.0. The molecule has 2 aromatic carbocycles. The van der Waals surface area contributed by atoms with Crippen molar-refractivity contribution in [2.24, 2.45) is 5.10 Å². The SMILES string of the molecule is Cc1ccc(/C=N/NC(=O)c2cc(C)nc3ccccc23)c(C)c1. The third-order valence-corrected chi connectivity index (χ3v) is 3.88. The van der Waals surface area contributed by atoms with Crippen molar-refractivity contribution >= 4 is 23.0 Å². The van der Waals surface area contributed by atoms with Gasteiger partial charge >= 0.3 is 0 Å². The van der Waals surface area contributed by atoms with Crippen LogP contribution in [-0.2, 0) is 0 Å². The van der Waals surface area contributed by atoms with Gasteiger partial charge in [0.15, 0.2) is 0 Å². The van der Waals surface area contributed by atoms with Gasteiger partial charge in [0, 0.05) is 11.1 Å². The van der Waals surface area contributed by atoms with E-state index < -0.39 is 0 Å². The number of hydrogen-bond donors (Lipinski definition) is 1. The molecule has 0 radical (unpaired) electrons. The first-order chi connectivity index (χ1) is 11.5. The molecule has 0 unspecified atom stereocenters. The Morgan fingerprint density at radius 1 is 1.08 bits per heavy atom. The van der Waals surface area contributed by atoms with Crippen LogP contribution >= 0.6 is 0 Å². The lowest BCUT2D eigenvalue weighted by molar-refractivity contribution is 0.0956. The van der Waals surface area contributed by atoms with Crippen LogP contribution < -0.4 is 5.43 Å². The van der Waals surface area contributed by atoms with Gasteiger partial charge in [-0.15, -0.1) is 0 Å². The molecular weight excluding hydrogens is 298 g/mol. The van der Waals surface area contributed by atoms with Crippen LogP contribution in [0.25, 0.3) is 10.9 Å². The summed E-state index contributed by atoms with van der Waals surface area (Å²) >= 11 is 0. The summed E-state index contributed by atoms with van der Waals surface area (Å²) in [6, 6.07) is 15.5. The maximum Gasteiger partial charge on any atom is 0.272 e. The van der Waals surface area contributed by atoms with Crippen LogP contribution in [0.15, 0.2) is 53.6 Å². The number of rotatable bonds is 3. The number of hydrogen-bond acceptors (Lipinski definition) is 3. The first-order valence-corrected chi connectivity index (χ1v) is 7.81. The zero-order valence-electron chi connectivity index (χ0n) is 14.0. The predicted molar refractivity (Wildman–Crippen MR) is 97.5 cm³/mol. The van der Waals surface area contributed by atoms with Crippen LogP contribution in [0.5, 0.6) is 0 Å². The van der Waals surface area contributed by atoms with Gasteiger partial charge in [-0.1, -0.05) is 42.0 Å². The molecule has 0 aliphatic carbocycles. The van der Waals surface area contributed by atoms with Crippen molar-refractivity contribution in [1.82, 2.24) is 10.4 Å². The molecule has 0 saturated carbocycles. The average molecular weight is 317 g/mol. The number of benzene rings is 2. The fourth-order valence-electron chi connectivity index (χ4n) is 2.69. The van der Waals surface area contributed by atoms with E-state index in [1.165, 1.54) is 5.56 Å². The van der Waals surface area contributed by atoms with E-state index in [-0.39, 0.29) is 5.91 Å². The summed E-state index contributed by atoms with van der Waals surface area (Å²) < 4.78 is 0. The fourth-order valence-corrected chi connectivity index (χ4v) is 2.69. The Bertz CT molecular complexity index is 945. The number of carbonyl (C=O) groups excluding carboxylic acids is 1. The molecule has 0 aliphatic heterocycles. The molecule has 0 fully saturated rings. The molecule has 1 amide bonds. The maximum absolute atomic E-state index is 12.5. The number of aryl methyl sites for hydroxylation is 3. The Labute approximate surface area is 141 Å². The van der Waals surface area contributed by atoms with E-state index in [1.54, 1.807) is 12.3 Å². The molecule has 0 spiro atoms. The van der Waals surface area contributed by atoms with E-state index in [4.69, 9.17) is 0 Å². The highest BCUT2D eigenvalue weighted by molar-refractivity contribution is 6.06. The lowest BCUT2D eigenvalue weighted by Gasteiger charge is -2.06. The number of amides is 1. The van der Waals surface area contributed by atoms with E-state index in [0.29, 0.717) is 5.56 Å². The van der Waals surface area contributed by atoms with E-state index in [1.807, 2.05) is 57.2 Å². The second kappa shape index (κ2) is 6.62. The van der Waals surface area contributed by atoms with Gasteiger partial charge in [0.05, 0.1) is 17.3 Å². The summed E-state index contributed by atoms with van der Waals surface area (Å²) in [5.74, 6) is -0.238. The Balaban J connectivity index is 1.84. The predicted octanol–water partition coefficient (Wildman–Crippen LogP) is 3.92. The van der Waals surface area contributed by atoms with Crippen molar-refractivity contribution < 1.29 is 4.79 Å². The Morgan fingerprint density at radius 3 is 2.67 bits per heavy atom. The number of nitrogens with zero attached hydrogens (tertiary/aromatic N) is 2. The summed E-state index contributed by atoms with van der Waals surface area (Å²) in [7, 11) is 0. The minimum absolute atomic E-state index is 0.238. The molecule has 24 heavy (non-hydrogen) atoms. The third-order valence-electron chi connectivity index (χ3n) is 3.88. The molecular formula is C20H19N3O. The molecule has 1 aromatic heterocycles. The summed E-state index contributed by atoms with van der Waals surface area (Å²) in [4.78, 5) is 16.9. The Hall–Kier alpha value is -3.01. The van der Waals surface area contributed by atoms with Crippen molar-refractivity contribution in [2.75, 3.05) is 0 Å². The quantitative estimate of drug-likeness (QED) is 0.588. The van der Waals surface area contributed by atoms with Crippen LogP contribution in [0.2, 0.25) is 0 Å². The molecule has 0 atom stereocenters. The molecule has 3 aromatic rings. The number of pyridine rings is 1. The highest BCUT2D eigenvalue weighted by atomic mass is 16.2. The van der Waals surface area contributed by atoms with Gasteiger partial charge < -0.3 is 0 Å². The van der Waals surface area contributed by atoms with Crippen molar-refractivity contribution in [3.05, 3.63) is 76.5 Å². The first kappa shape index (κ1) is 15.9. The number of nitrogens with one attached hydrogen (secondary N) is 1. The normalized spacial score (nSPS) is 11.1. The maximum atomic E-state index is 12.5. The molecule has 3 rings (SSSR count). The second-order valence-corrected chi connectivity index (χ2v) is 5.89. The topological polar surface area (TPSA) is 54.4 Å². The number of para-hydroxylation sites is 1. The van der Waals surface area contributed by atoms with Crippen molar-refractivity contribution in [3.63, 3.8) is 0 Å². The highest BCUT2D eigenvalue weighted by Gasteiger charge is 2.11. The van der Waals surface area contributed by atoms with Crippen molar-refractivity contribution in [2.45, 2.75) is 20.8 Å². The van der Waals surface area contributed by atoms with Crippen LogP contribution in [0.4, 0.5) is 0 Å². The van der Waals surface area contributed by atoms with Crippen molar-refractivity contribution in [1.29, 1.82) is 0 Å². The molecule has 1 heterocycles. The minimum Gasteiger partial charge on any atom is -0.267 e. The summed E-state index contributed by atoms with van der Waals surface area (Å²) in [6.45, 7) is 5.95. The van der Waals surface area contributed by atoms with Crippen LogP contribution in [0.1, 0.15) is 32.7 Å². The Kier molecular flexibility index (Phi) is 4.38. The minimum atomic E-state index is -0.238. The van der Waals surface area contributed by atoms with E-state index in [0.717, 1.165) is 27.7 Å². The molecule has 0 bridgehead atoms. The van der Waals surface area contributed by atoms with Crippen LogP contribution in [0.3, 0.4) is 0 Å². The number of fused-ring (bicyclic) bond motifs is 1. The number of carbonyl (C=O) groups is 1. The fraction of sp³-hybridized carbons (Fsp3) is 0.150. The smallest absolute Gasteiger partial charge is 0.267 e. The number of aromatic nitrogens is 1. The average Bonchev–Trinajstić information content (AvgIpc) is 2.56. The largest absolute Gasteiger partial charge is 0.272 e. The molecule has 1 N–H and O–H groups in total. The van der Waals surface area contributed by atoms with E-state index in [9.17, 15) is 4.79 Å². The van der Waals surface area contributed by atoms with Gasteiger partial charge in [0.1, 0.15) is 0 Å². The zero-order chi connectivity index (χ0) is 17.1. The first-order valence-electron chi connectivity index (χ1n) is 7.81. The Morgan fingerprint density at radius 2 is 1.88 bits per heavy atom. The van der Waals surface area contributed by atoms with Gasteiger partial charge in [-0.05, 0) is 44.0 Å². The summed E-state index contributed by atoms with van der Waals surface area (Å²) in [5, 5.41) is 4.92. The molecule has 0 saturated heterocycles. The summed E-state index contributed by atoms with van der Waals surface area (Å²) in [6.07, 6.45) is 1.67. The lowest BCUT2D eigenvalue weighted by atomic mass is 10.1. The van der Waals surface area contributed by atoms with Gasteiger partial charge in [-0.2, -0.15) is 5.10 Å². The van der Waals surface area contributed by atoms with Gasteiger partial charge in [0.2, 0.25) is 0 Å². The van der Waals surface area contributed by atoms with Crippen molar-refractivity contribution in [3.8, 4) is 0 Å². The molecule has 4 nitrogen and oxygen atoms in total. The lowest BCUT2D eigenvalue weighted by Crippen LogP contribution is -2.18. The third kappa shape index (κ3) is 3.33.